The summed E-state index contributed by atoms with van der Waals surface area (Å²) >= 11 is 0. The predicted molar refractivity (Wildman–Crippen MR) is 75.6 cm³/mol. The second-order valence-corrected chi connectivity index (χ2v) is 6.55. The Morgan fingerprint density at radius 2 is 2.00 bits per heavy atom. The first-order valence-corrected chi connectivity index (χ1v) is 7.56. The molecule has 3 atom stereocenters. The van der Waals surface area contributed by atoms with E-state index in [0.29, 0.717) is 6.04 Å². The summed E-state index contributed by atoms with van der Waals surface area (Å²) in [7, 11) is 4.09. The zero-order valence-corrected chi connectivity index (χ0v) is 12.3. The van der Waals surface area contributed by atoms with Gasteiger partial charge in [0.2, 0.25) is 0 Å². The van der Waals surface area contributed by atoms with E-state index in [4.69, 9.17) is 10.5 Å². The lowest BCUT2D eigenvalue weighted by atomic mass is 9.82. The molecule has 2 saturated carbocycles. The second-order valence-electron chi connectivity index (χ2n) is 6.55. The van der Waals surface area contributed by atoms with Gasteiger partial charge in [0.15, 0.2) is 0 Å². The van der Waals surface area contributed by atoms with E-state index in [1.54, 1.807) is 0 Å². The van der Waals surface area contributed by atoms with E-state index < -0.39 is 0 Å². The van der Waals surface area contributed by atoms with Crippen LogP contribution in [0, 0.1) is 11.8 Å². The van der Waals surface area contributed by atoms with Crippen molar-refractivity contribution in [1.29, 1.82) is 0 Å². The van der Waals surface area contributed by atoms with Crippen LogP contribution >= 0.6 is 0 Å². The lowest BCUT2D eigenvalue weighted by Crippen LogP contribution is -2.60. The molecule has 0 heterocycles. The van der Waals surface area contributed by atoms with Crippen molar-refractivity contribution in [3.63, 3.8) is 0 Å². The van der Waals surface area contributed by atoms with E-state index in [-0.39, 0.29) is 5.54 Å². The molecule has 2 N–H and O–H groups in total. The van der Waals surface area contributed by atoms with Crippen molar-refractivity contribution < 1.29 is 4.74 Å². The fourth-order valence-corrected chi connectivity index (χ4v) is 3.87. The molecule has 2 rings (SSSR count). The average molecular weight is 254 g/mol. The third-order valence-electron chi connectivity index (χ3n) is 5.24. The van der Waals surface area contributed by atoms with Crippen LogP contribution in [0.15, 0.2) is 0 Å². The Morgan fingerprint density at radius 3 is 2.50 bits per heavy atom. The average Bonchev–Trinajstić information content (AvgIpc) is 3.20. The normalized spacial score (nSPS) is 32.5. The maximum atomic E-state index is 6.16. The van der Waals surface area contributed by atoms with Gasteiger partial charge in [-0.2, -0.15) is 0 Å². The SMILES string of the molecule is COCC(CN)(C1CC1)N(C)C1CCCC(C)C1. The Hall–Kier alpha value is -0.120. The van der Waals surface area contributed by atoms with Crippen LogP contribution in [0.25, 0.3) is 0 Å². The van der Waals surface area contributed by atoms with E-state index >= 15 is 0 Å². The molecule has 0 aromatic carbocycles. The topological polar surface area (TPSA) is 38.5 Å². The van der Waals surface area contributed by atoms with Gasteiger partial charge in [0.05, 0.1) is 12.1 Å². The van der Waals surface area contributed by atoms with Crippen molar-refractivity contribution in [2.45, 2.75) is 57.0 Å². The van der Waals surface area contributed by atoms with Crippen molar-refractivity contribution in [1.82, 2.24) is 4.90 Å². The molecule has 0 amide bonds. The highest BCUT2D eigenvalue weighted by atomic mass is 16.5. The van der Waals surface area contributed by atoms with E-state index in [1.807, 2.05) is 7.11 Å². The Labute approximate surface area is 112 Å². The van der Waals surface area contributed by atoms with E-state index in [2.05, 4.69) is 18.9 Å². The highest BCUT2D eigenvalue weighted by Gasteiger charge is 2.49. The van der Waals surface area contributed by atoms with Crippen molar-refractivity contribution in [3.05, 3.63) is 0 Å². The Balaban J connectivity index is 2.08. The summed E-state index contributed by atoms with van der Waals surface area (Å²) in [5.74, 6) is 1.62. The monoisotopic (exact) mass is 254 g/mol. The maximum Gasteiger partial charge on any atom is 0.0661 e. The first kappa shape index (κ1) is 14.3. The number of hydrogen-bond donors (Lipinski definition) is 1. The van der Waals surface area contributed by atoms with Crippen molar-refractivity contribution >= 4 is 0 Å². The van der Waals surface area contributed by atoms with Crippen LogP contribution in [-0.4, -0.2) is 43.8 Å². The van der Waals surface area contributed by atoms with E-state index in [1.165, 1.54) is 38.5 Å². The highest BCUT2D eigenvalue weighted by molar-refractivity contribution is 5.04. The van der Waals surface area contributed by atoms with Gasteiger partial charge >= 0.3 is 0 Å². The molecule has 0 aliphatic heterocycles. The Morgan fingerprint density at radius 1 is 1.28 bits per heavy atom. The summed E-state index contributed by atoms with van der Waals surface area (Å²) in [6, 6.07) is 0.702. The van der Waals surface area contributed by atoms with Gasteiger partial charge in [-0.05, 0) is 44.6 Å². The van der Waals surface area contributed by atoms with Crippen LogP contribution in [0.5, 0.6) is 0 Å². The molecule has 0 aromatic rings. The molecule has 0 spiro atoms. The van der Waals surface area contributed by atoms with Gasteiger partial charge in [-0.1, -0.05) is 19.8 Å². The van der Waals surface area contributed by atoms with E-state index in [9.17, 15) is 0 Å². The van der Waals surface area contributed by atoms with Crippen molar-refractivity contribution in [3.8, 4) is 0 Å². The second kappa shape index (κ2) is 5.89. The smallest absolute Gasteiger partial charge is 0.0661 e. The summed E-state index contributed by atoms with van der Waals surface area (Å²) in [6.45, 7) is 3.90. The number of methoxy groups -OCH3 is 1. The van der Waals surface area contributed by atoms with Gasteiger partial charge in [0.25, 0.3) is 0 Å². The predicted octanol–water partition coefficient (Wildman–Crippen LogP) is 2.25. The molecule has 106 valence electrons. The number of likely N-dealkylation sites (N-methyl/N-ethyl adjacent to an activating group) is 1. The molecule has 3 heteroatoms. The minimum Gasteiger partial charge on any atom is -0.383 e. The zero-order chi connectivity index (χ0) is 13.2. The van der Waals surface area contributed by atoms with Crippen LogP contribution in [0.4, 0.5) is 0 Å². The molecule has 2 aliphatic carbocycles. The Bertz CT molecular complexity index is 267. The van der Waals surface area contributed by atoms with Crippen LogP contribution < -0.4 is 5.73 Å². The van der Waals surface area contributed by atoms with Crippen LogP contribution in [-0.2, 0) is 4.74 Å². The summed E-state index contributed by atoms with van der Waals surface area (Å²) < 4.78 is 5.52. The highest BCUT2D eigenvalue weighted by Crippen LogP contribution is 2.44. The lowest BCUT2D eigenvalue weighted by molar-refractivity contribution is -0.0227. The fraction of sp³-hybridized carbons (Fsp3) is 1.00. The maximum absolute atomic E-state index is 6.16. The Kier molecular flexibility index (Phi) is 4.68. The van der Waals surface area contributed by atoms with Gasteiger partial charge < -0.3 is 10.5 Å². The molecule has 3 unspecified atom stereocenters. The molecule has 0 radical (unpaired) electrons. The van der Waals surface area contributed by atoms with Gasteiger partial charge in [-0.25, -0.2) is 0 Å². The first-order valence-electron chi connectivity index (χ1n) is 7.56. The van der Waals surface area contributed by atoms with Crippen LogP contribution in [0.3, 0.4) is 0 Å². The zero-order valence-electron chi connectivity index (χ0n) is 12.3. The summed E-state index contributed by atoms with van der Waals surface area (Å²) in [5.41, 5.74) is 6.25. The molecule has 2 fully saturated rings. The molecule has 0 aromatic heterocycles. The van der Waals surface area contributed by atoms with Gasteiger partial charge in [0.1, 0.15) is 0 Å². The van der Waals surface area contributed by atoms with Gasteiger partial charge in [-0.3, -0.25) is 4.90 Å². The standard InChI is InChI=1S/C15H30N2O/c1-12-5-4-6-14(9-12)17(2)15(10-16,11-18-3)13-7-8-13/h12-14H,4-11,16H2,1-3H3. The van der Waals surface area contributed by atoms with Crippen molar-refractivity contribution in [2.75, 3.05) is 27.3 Å². The number of ether oxygens (including phenoxy) is 1. The van der Waals surface area contributed by atoms with Gasteiger partial charge in [0, 0.05) is 19.7 Å². The van der Waals surface area contributed by atoms with Crippen LogP contribution in [0.2, 0.25) is 0 Å². The first-order chi connectivity index (χ1) is 8.64. The summed E-state index contributed by atoms with van der Waals surface area (Å²) in [5, 5.41) is 0. The number of nitrogens with two attached hydrogens (primary N) is 1. The molecule has 0 saturated heterocycles. The van der Waals surface area contributed by atoms with Crippen LogP contribution in [0.1, 0.15) is 45.4 Å². The quantitative estimate of drug-likeness (QED) is 0.790. The number of hydrogen-bond acceptors (Lipinski definition) is 3. The molecule has 18 heavy (non-hydrogen) atoms. The molecule has 2 aliphatic rings. The third kappa shape index (κ3) is 2.73. The number of rotatable bonds is 6. The minimum absolute atomic E-state index is 0.0937. The minimum atomic E-state index is 0.0937. The van der Waals surface area contributed by atoms with E-state index in [0.717, 1.165) is 25.0 Å². The molecule has 0 bridgehead atoms. The largest absolute Gasteiger partial charge is 0.383 e. The van der Waals surface area contributed by atoms with Gasteiger partial charge in [-0.15, -0.1) is 0 Å². The summed E-state index contributed by atoms with van der Waals surface area (Å²) in [4.78, 5) is 2.59. The number of nitrogens with zero attached hydrogens (tertiary/aromatic N) is 1. The molecular weight excluding hydrogens is 224 g/mol. The fourth-order valence-electron chi connectivity index (χ4n) is 3.87. The lowest BCUT2D eigenvalue weighted by Gasteiger charge is -2.47. The van der Waals surface area contributed by atoms with Crippen molar-refractivity contribution in [2.24, 2.45) is 17.6 Å². The summed E-state index contributed by atoms with van der Waals surface area (Å²) in [6.07, 6.45) is 8.08. The molecular formula is C15H30N2O. The third-order valence-corrected chi connectivity index (χ3v) is 5.24. The molecule has 3 nitrogen and oxygen atoms in total.